The molecular formula is C22H22FN5O3. The molecule has 0 atom stereocenters. The van der Waals surface area contributed by atoms with Gasteiger partial charge < -0.3 is 9.30 Å². The van der Waals surface area contributed by atoms with E-state index in [9.17, 15) is 14.0 Å². The number of imidazole rings is 1. The maximum Gasteiger partial charge on any atom is 0.261 e. The molecule has 2 aromatic heterocycles. The Morgan fingerprint density at radius 1 is 1.19 bits per heavy atom. The zero-order chi connectivity index (χ0) is 21.8. The van der Waals surface area contributed by atoms with Gasteiger partial charge in [-0.25, -0.2) is 14.4 Å². The molecule has 2 heterocycles. The van der Waals surface area contributed by atoms with Crippen LogP contribution in [0.15, 0.2) is 53.6 Å². The summed E-state index contributed by atoms with van der Waals surface area (Å²) in [7, 11) is 0. The quantitative estimate of drug-likeness (QED) is 0.440. The molecule has 0 fully saturated rings. The molecule has 31 heavy (non-hydrogen) atoms. The third kappa shape index (κ3) is 4.46. The Morgan fingerprint density at radius 2 is 2.03 bits per heavy atom. The zero-order valence-electron chi connectivity index (χ0n) is 17.0. The summed E-state index contributed by atoms with van der Waals surface area (Å²) in [5, 5.41) is 2.91. The first-order chi connectivity index (χ1) is 15.1. The van der Waals surface area contributed by atoms with Gasteiger partial charge >= 0.3 is 0 Å². The van der Waals surface area contributed by atoms with Gasteiger partial charge in [-0.15, -0.1) is 0 Å². The number of anilines is 1. The van der Waals surface area contributed by atoms with Crippen molar-refractivity contribution in [3.63, 3.8) is 0 Å². The van der Waals surface area contributed by atoms with Gasteiger partial charge in [0.15, 0.2) is 0 Å². The van der Waals surface area contributed by atoms with E-state index in [1.165, 1.54) is 18.5 Å². The van der Waals surface area contributed by atoms with Crippen molar-refractivity contribution in [1.82, 2.24) is 19.1 Å². The lowest BCUT2D eigenvalue weighted by Gasteiger charge is -2.11. The van der Waals surface area contributed by atoms with E-state index in [2.05, 4.69) is 15.3 Å². The number of rotatable bonds is 8. The second-order valence-electron chi connectivity index (χ2n) is 7.01. The normalized spacial score (nSPS) is 11.3. The van der Waals surface area contributed by atoms with Gasteiger partial charge in [-0.3, -0.25) is 19.5 Å². The van der Waals surface area contributed by atoms with Crippen molar-refractivity contribution in [3.05, 3.63) is 65.0 Å². The molecule has 0 aliphatic carbocycles. The second kappa shape index (κ2) is 9.05. The van der Waals surface area contributed by atoms with E-state index in [-0.39, 0.29) is 11.9 Å². The number of amides is 1. The highest BCUT2D eigenvalue weighted by molar-refractivity contribution is 5.91. The van der Waals surface area contributed by atoms with Crippen LogP contribution in [0.1, 0.15) is 13.3 Å². The molecule has 0 bridgehead atoms. The number of para-hydroxylation sites is 2. The number of halogens is 1. The molecular weight excluding hydrogens is 401 g/mol. The van der Waals surface area contributed by atoms with Crippen LogP contribution in [-0.4, -0.2) is 38.2 Å². The molecule has 9 heteroatoms. The van der Waals surface area contributed by atoms with Crippen molar-refractivity contribution in [2.24, 2.45) is 0 Å². The third-order valence-electron chi connectivity index (χ3n) is 4.88. The maximum absolute atomic E-state index is 13.5. The Kier molecular flexibility index (Phi) is 6.03. The molecule has 160 valence electrons. The monoisotopic (exact) mass is 423 g/mol. The molecule has 2 aromatic carbocycles. The number of fused-ring (bicyclic) bond motifs is 2. The predicted octanol–water partition coefficient (Wildman–Crippen LogP) is 2.95. The van der Waals surface area contributed by atoms with Crippen LogP contribution < -0.4 is 10.9 Å². The van der Waals surface area contributed by atoms with Crippen LogP contribution in [-0.2, 0) is 22.6 Å². The summed E-state index contributed by atoms with van der Waals surface area (Å²) < 4.78 is 22.0. The molecule has 8 nitrogen and oxygen atoms in total. The molecule has 0 radical (unpaired) electrons. The number of carbonyl (C=O) groups is 1. The van der Waals surface area contributed by atoms with E-state index >= 15 is 0 Å². The Bertz CT molecular complexity index is 1300. The van der Waals surface area contributed by atoms with E-state index in [1.807, 2.05) is 35.8 Å². The van der Waals surface area contributed by atoms with Crippen LogP contribution in [0.25, 0.3) is 21.9 Å². The number of aryl methyl sites for hydroxylation is 1. The molecule has 0 unspecified atom stereocenters. The van der Waals surface area contributed by atoms with Gasteiger partial charge in [0.25, 0.3) is 5.56 Å². The molecule has 0 spiro atoms. The Hall–Kier alpha value is -3.59. The van der Waals surface area contributed by atoms with E-state index in [1.54, 1.807) is 0 Å². The van der Waals surface area contributed by atoms with Crippen molar-refractivity contribution in [3.8, 4) is 0 Å². The van der Waals surface area contributed by atoms with E-state index in [0.717, 1.165) is 28.1 Å². The smallest absolute Gasteiger partial charge is 0.261 e. The average Bonchev–Trinajstić information content (AvgIpc) is 3.10. The summed E-state index contributed by atoms with van der Waals surface area (Å²) in [4.78, 5) is 34.0. The third-order valence-corrected chi connectivity index (χ3v) is 4.88. The summed E-state index contributed by atoms with van der Waals surface area (Å²) in [6, 6.07) is 11.4. The molecule has 0 aliphatic rings. The van der Waals surface area contributed by atoms with Crippen molar-refractivity contribution in [2.45, 2.75) is 26.4 Å². The SMILES string of the molecule is CCOCCCn1c(NC(=O)Cn2cnc3ccc(F)cc3c2=O)nc2ccccc21. The van der Waals surface area contributed by atoms with Crippen molar-refractivity contribution in [1.29, 1.82) is 0 Å². The van der Waals surface area contributed by atoms with Gasteiger partial charge in [0.05, 0.1) is 28.3 Å². The fourth-order valence-corrected chi connectivity index (χ4v) is 3.43. The molecule has 4 rings (SSSR count). The van der Waals surface area contributed by atoms with Gasteiger partial charge in [0.1, 0.15) is 12.4 Å². The average molecular weight is 423 g/mol. The lowest BCUT2D eigenvalue weighted by Crippen LogP contribution is -2.28. The summed E-state index contributed by atoms with van der Waals surface area (Å²) >= 11 is 0. The summed E-state index contributed by atoms with van der Waals surface area (Å²) in [6.07, 6.45) is 2.05. The minimum atomic E-state index is -0.533. The standard InChI is InChI=1S/C22H22FN5O3/c1-2-31-11-5-10-28-19-7-4-3-6-18(19)25-22(28)26-20(29)13-27-14-24-17-9-8-15(23)12-16(17)21(27)30/h3-4,6-9,12,14H,2,5,10-11,13H2,1H3,(H,25,26,29). The van der Waals surface area contributed by atoms with Gasteiger partial charge in [-0.05, 0) is 43.7 Å². The maximum atomic E-state index is 13.5. The number of hydrogen-bond donors (Lipinski definition) is 1. The first-order valence-corrected chi connectivity index (χ1v) is 10.0. The van der Waals surface area contributed by atoms with Crippen LogP contribution in [0.3, 0.4) is 0 Å². The molecule has 0 saturated carbocycles. The van der Waals surface area contributed by atoms with Crippen LogP contribution in [0.2, 0.25) is 0 Å². The predicted molar refractivity (Wildman–Crippen MR) is 115 cm³/mol. The van der Waals surface area contributed by atoms with Gasteiger partial charge in [0.2, 0.25) is 11.9 Å². The van der Waals surface area contributed by atoms with E-state index < -0.39 is 17.3 Å². The highest BCUT2D eigenvalue weighted by Gasteiger charge is 2.15. The topological polar surface area (TPSA) is 91.0 Å². The minimum Gasteiger partial charge on any atom is -0.382 e. The number of aromatic nitrogens is 4. The Balaban J connectivity index is 1.56. The van der Waals surface area contributed by atoms with Crippen molar-refractivity contribution in [2.75, 3.05) is 18.5 Å². The molecule has 0 aliphatic heterocycles. The summed E-state index contributed by atoms with van der Waals surface area (Å²) in [5.41, 5.74) is 1.55. The number of hydrogen-bond acceptors (Lipinski definition) is 5. The summed E-state index contributed by atoms with van der Waals surface area (Å²) in [6.45, 7) is 3.54. The number of nitrogens with zero attached hydrogens (tertiary/aromatic N) is 4. The molecule has 4 aromatic rings. The first kappa shape index (κ1) is 20.7. The minimum absolute atomic E-state index is 0.124. The summed E-state index contributed by atoms with van der Waals surface area (Å²) in [5.74, 6) is -0.564. The number of ether oxygens (including phenoxy) is 1. The molecule has 0 saturated heterocycles. The Labute approximate surface area is 177 Å². The van der Waals surface area contributed by atoms with Crippen LogP contribution in [0.5, 0.6) is 0 Å². The molecule has 1 N–H and O–H groups in total. The van der Waals surface area contributed by atoms with Crippen LogP contribution in [0.4, 0.5) is 10.3 Å². The fourth-order valence-electron chi connectivity index (χ4n) is 3.43. The first-order valence-electron chi connectivity index (χ1n) is 10.0. The van der Waals surface area contributed by atoms with Gasteiger partial charge in [-0.2, -0.15) is 0 Å². The fraction of sp³-hybridized carbons (Fsp3) is 0.273. The lowest BCUT2D eigenvalue weighted by atomic mass is 10.2. The van der Waals surface area contributed by atoms with Gasteiger partial charge in [-0.1, -0.05) is 12.1 Å². The highest BCUT2D eigenvalue weighted by Crippen LogP contribution is 2.20. The highest BCUT2D eigenvalue weighted by atomic mass is 19.1. The van der Waals surface area contributed by atoms with Crippen molar-refractivity contribution < 1.29 is 13.9 Å². The van der Waals surface area contributed by atoms with Crippen molar-refractivity contribution >= 4 is 33.8 Å². The van der Waals surface area contributed by atoms with E-state index in [4.69, 9.17) is 4.74 Å². The molecule has 1 amide bonds. The lowest BCUT2D eigenvalue weighted by molar-refractivity contribution is -0.116. The Morgan fingerprint density at radius 3 is 2.87 bits per heavy atom. The van der Waals surface area contributed by atoms with Crippen LogP contribution in [0, 0.1) is 5.82 Å². The van der Waals surface area contributed by atoms with Crippen LogP contribution >= 0.6 is 0 Å². The zero-order valence-corrected chi connectivity index (χ0v) is 17.0. The largest absolute Gasteiger partial charge is 0.382 e. The number of nitrogens with one attached hydrogen (secondary N) is 1. The number of benzene rings is 2. The van der Waals surface area contributed by atoms with E-state index in [0.29, 0.717) is 31.2 Å². The van der Waals surface area contributed by atoms with Gasteiger partial charge in [0, 0.05) is 19.8 Å². The second-order valence-corrected chi connectivity index (χ2v) is 7.01. The number of carbonyl (C=O) groups excluding carboxylic acids is 1.